The Labute approximate surface area is 175 Å². The van der Waals surface area contributed by atoms with E-state index in [0.29, 0.717) is 5.56 Å². The average molecular weight is 410 g/mol. The number of rotatable bonds is 7. The summed E-state index contributed by atoms with van der Waals surface area (Å²) in [5, 5.41) is 23.7. The second-order valence-electron chi connectivity index (χ2n) is 8.08. The highest BCUT2D eigenvalue weighted by Gasteiger charge is 2.33. The predicted octanol–water partition coefficient (Wildman–Crippen LogP) is 2.32. The highest BCUT2D eigenvalue weighted by atomic mass is 16.4. The number of benzene rings is 1. The third-order valence-electron chi connectivity index (χ3n) is 4.77. The number of aliphatic carboxylic acids is 1. The maximum Gasteiger partial charge on any atom is 0.327 e. The molecule has 2 rings (SSSR count). The largest absolute Gasteiger partial charge is 0.480 e. The Kier molecular flexibility index (Phi) is 7.01. The molecule has 1 unspecified atom stereocenters. The van der Waals surface area contributed by atoms with Crippen molar-refractivity contribution in [3.8, 4) is 17.2 Å². The van der Waals surface area contributed by atoms with Gasteiger partial charge >= 0.3 is 5.97 Å². The summed E-state index contributed by atoms with van der Waals surface area (Å²) in [5.74, 6) is -2.02. The molecule has 0 aliphatic heterocycles. The van der Waals surface area contributed by atoms with Crippen molar-refractivity contribution in [1.82, 2.24) is 15.2 Å². The molecule has 0 saturated heterocycles. The number of carboxylic acids is 1. The Morgan fingerprint density at radius 1 is 1.13 bits per heavy atom. The second-order valence-corrected chi connectivity index (χ2v) is 8.08. The predicted molar refractivity (Wildman–Crippen MR) is 111 cm³/mol. The number of aromatic nitrogens is 1. The molecule has 2 amide bonds. The summed E-state index contributed by atoms with van der Waals surface area (Å²) in [6.07, 6.45) is 2.92. The lowest BCUT2D eigenvalue weighted by atomic mass is 9.86. The van der Waals surface area contributed by atoms with Crippen LogP contribution in [-0.4, -0.2) is 40.5 Å². The minimum atomic E-state index is -1.15. The monoisotopic (exact) mass is 410 g/mol. The van der Waals surface area contributed by atoms with E-state index in [9.17, 15) is 19.5 Å². The Hall–Kier alpha value is -3.60. The second kappa shape index (κ2) is 9.27. The molecule has 2 atom stereocenters. The van der Waals surface area contributed by atoms with Gasteiger partial charge in [0.05, 0.1) is 18.1 Å². The molecule has 0 aliphatic carbocycles. The van der Waals surface area contributed by atoms with E-state index in [1.165, 1.54) is 11.6 Å². The van der Waals surface area contributed by atoms with Crippen LogP contribution in [-0.2, 0) is 14.4 Å². The summed E-state index contributed by atoms with van der Waals surface area (Å²) in [4.78, 5) is 36.5. The molecule has 0 radical (unpaired) electrons. The van der Waals surface area contributed by atoms with Crippen molar-refractivity contribution < 1.29 is 19.5 Å². The molecular formula is C22H26N4O4. The minimum Gasteiger partial charge on any atom is -0.480 e. The lowest BCUT2D eigenvalue weighted by molar-refractivity contribution is -0.143. The Balaban J connectivity index is 2.19. The molecule has 1 heterocycles. The number of amides is 2. The molecule has 8 heteroatoms. The zero-order valence-electron chi connectivity index (χ0n) is 17.5. The molecule has 30 heavy (non-hydrogen) atoms. The van der Waals surface area contributed by atoms with Gasteiger partial charge in [-0.15, -0.1) is 0 Å². The van der Waals surface area contributed by atoms with Crippen LogP contribution in [0.25, 0.3) is 11.1 Å². The van der Waals surface area contributed by atoms with Gasteiger partial charge in [0, 0.05) is 19.4 Å². The van der Waals surface area contributed by atoms with Crippen LogP contribution >= 0.6 is 0 Å². The lowest BCUT2D eigenvalue weighted by Crippen LogP contribution is -2.53. The number of hydrogen-bond acceptors (Lipinski definition) is 4. The molecule has 1 aromatic carbocycles. The molecule has 8 nitrogen and oxygen atoms in total. The molecule has 0 saturated carbocycles. The van der Waals surface area contributed by atoms with Crippen LogP contribution in [0.3, 0.4) is 0 Å². The van der Waals surface area contributed by atoms with Gasteiger partial charge in [-0.3, -0.25) is 9.59 Å². The zero-order valence-corrected chi connectivity index (χ0v) is 17.5. The molecule has 0 bridgehead atoms. The van der Waals surface area contributed by atoms with E-state index in [2.05, 4.69) is 10.6 Å². The van der Waals surface area contributed by atoms with Gasteiger partial charge in [-0.05, 0) is 34.7 Å². The fraction of sp³-hybridized carbons (Fsp3) is 0.364. The number of hydrogen-bond donors (Lipinski definition) is 3. The highest BCUT2D eigenvalue weighted by Crippen LogP contribution is 2.24. The molecule has 2 aromatic rings. The van der Waals surface area contributed by atoms with E-state index in [1.807, 2.05) is 26.8 Å². The van der Waals surface area contributed by atoms with Crippen molar-refractivity contribution in [3.63, 3.8) is 0 Å². The van der Waals surface area contributed by atoms with Crippen LogP contribution in [0.2, 0.25) is 0 Å². The molecule has 0 spiro atoms. The molecular weight excluding hydrogens is 384 g/mol. The average Bonchev–Trinajstić information content (AvgIpc) is 3.18. The normalized spacial score (nSPS) is 13.0. The van der Waals surface area contributed by atoms with E-state index < -0.39 is 29.4 Å². The minimum absolute atomic E-state index is 0.319. The first kappa shape index (κ1) is 22.7. The smallest absolute Gasteiger partial charge is 0.327 e. The summed E-state index contributed by atoms with van der Waals surface area (Å²) in [6, 6.07) is 8.80. The number of likely N-dealkylation sites (N-methyl/N-ethyl adjacent to an activating group) is 1. The fourth-order valence-electron chi connectivity index (χ4n) is 3.05. The van der Waals surface area contributed by atoms with E-state index in [1.54, 1.807) is 42.7 Å². The summed E-state index contributed by atoms with van der Waals surface area (Å²) in [7, 11) is 1.48. The van der Waals surface area contributed by atoms with Gasteiger partial charge in [0.25, 0.3) is 0 Å². The first-order chi connectivity index (χ1) is 14.1. The first-order valence-corrected chi connectivity index (χ1v) is 9.48. The van der Waals surface area contributed by atoms with Gasteiger partial charge in [-0.2, -0.15) is 5.26 Å². The molecule has 1 aromatic heterocycles. The number of carboxylic acid groups (broad SMARTS) is 1. The lowest BCUT2D eigenvalue weighted by Gasteiger charge is -2.30. The number of carbonyl (C=O) groups is 3. The van der Waals surface area contributed by atoms with E-state index in [0.717, 1.165) is 11.1 Å². The number of nitrogens with one attached hydrogen (secondary N) is 2. The Bertz CT molecular complexity index is 964. The third-order valence-corrected chi connectivity index (χ3v) is 4.77. The van der Waals surface area contributed by atoms with E-state index in [-0.39, 0.29) is 12.3 Å². The van der Waals surface area contributed by atoms with Crippen molar-refractivity contribution in [2.75, 3.05) is 7.05 Å². The molecule has 0 fully saturated rings. The number of nitrogens with zero attached hydrogens (tertiary/aromatic N) is 2. The van der Waals surface area contributed by atoms with Gasteiger partial charge in [-0.25, -0.2) is 4.79 Å². The first-order valence-electron chi connectivity index (χ1n) is 9.48. The van der Waals surface area contributed by atoms with Gasteiger partial charge in [-0.1, -0.05) is 32.9 Å². The summed E-state index contributed by atoms with van der Waals surface area (Å²) < 4.78 is 1.46. The van der Waals surface area contributed by atoms with E-state index in [4.69, 9.17) is 5.26 Å². The standard InChI is InChI=1S/C22H26N4O4/c1-22(2,3)19(20(28)24-4)25-18(27)11-17(21(29)30)26-10-9-16(13-26)15-7-5-14(12-23)6-8-15/h5-10,13,17,19H,11H2,1-4H3,(H,24,28)(H,25,27)(H,29,30)/t17-,19?/m1/s1. The Morgan fingerprint density at radius 3 is 2.27 bits per heavy atom. The van der Waals surface area contributed by atoms with Crippen LogP contribution in [0.15, 0.2) is 42.7 Å². The van der Waals surface area contributed by atoms with Crippen molar-refractivity contribution in [3.05, 3.63) is 48.3 Å². The van der Waals surface area contributed by atoms with E-state index >= 15 is 0 Å². The quantitative estimate of drug-likeness (QED) is 0.646. The fourth-order valence-corrected chi connectivity index (χ4v) is 3.05. The van der Waals surface area contributed by atoms with Gasteiger partial charge in [0.15, 0.2) is 0 Å². The van der Waals surface area contributed by atoms with Crippen molar-refractivity contribution in [2.24, 2.45) is 5.41 Å². The van der Waals surface area contributed by atoms with Gasteiger partial charge < -0.3 is 20.3 Å². The number of carbonyl (C=O) groups excluding carboxylic acids is 2. The number of nitriles is 1. The molecule has 158 valence electrons. The SMILES string of the molecule is CNC(=O)C(NC(=O)C[C@H](C(=O)O)n1ccc(-c2ccc(C#N)cc2)c1)C(C)(C)C. The van der Waals surface area contributed by atoms with Crippen LogP contribution in [0.4, 0.5) is 0 Å². The maximum atomic E-state index is 12.6. The molecule has 3 N–H and O–H groups in total. The van der Waals surface area contributed by atoms with Crippen molar-refractivity contribution in [1.29, 1.82) is 5.26 Å². The van der Waals surface area contributed by atoms with Gasteiger partial charge in [0.2, 0.25) is 11.8 Å². The van der Waals surface area contributed by atoms with Crippen LogP contribution in [0, 0.1) is 16.7 Å². The van der Waals surface area contributed by atoms with Crippen molar-refractivity contribution >= 4 is 17.8 Å². The van der Waals surface area contributed by atoms with Crippen LogP contribution in [0.1, 0.15) is 38.8 Å². The summed E-state index contributed by atoms with van der Waals surface area (Å²) >= 11 is 0. The van der Waals surface area contributed by atoms with Crippen molar-refractivity contribution in [2.45, 2.75) is 39.3 Å². The molecule has 0 aliphatic rings. The zero-order chi connectivity index (χ0) is 22.5. The summed E-state index contributed by atoms with van der Waals surface area (Å²) in [5.41, 5.74) is 1.59. The van der Waals surface area contributed by atoms with Crippen LogP contribution < -0.4 is 10.6 Å². The van der Waals surface area contributed by atoms with Gasteiger partial charge in [0.1, 0.15) is 12.1 Å². The highest BCUT2D eigenvalue weighted by molar-refractivity contribution is 5.90. The van der Waals surface area contributed by atoms with Crippen LogP contribution in [0.5, 0.6) is 0 Å². The maximum absolute atomic E-state index is 12.6. The topological polar surface area (TPSA) is 124 Å². The Morgan fingerprint density at radius 2 is 1.77 bits per heavy atom. The summed E-state index contributed by atoms with van der Waals surface area (Å²) in [6.45, 7) is 5.45. The third kappa shape index (κ3) is 5.47.